The molecule has 0 radical (unpaired) electrons. The van der Waals surface area contributed by atoms with Crippen LogP contribution in [0.4, 0.5) is 4.79 Å². The first-order valence-corrected chi connectivity index (χ1v) is 7.06. The van der Waals surface area contributed by atoms with Crippen LogP contribution in [0.15, 0.2) is 4.40 Å². The van der Waals surface area contributed by atoms with Crippen LogP contribution >= 0.6 is 0 Å². The quantitative estimate of drug-likeness (QED) is 0.736. The molecule has 1 amide bonds. The third-order valence-corrected chi connectivity index (χ3v) is 3.61. The van der Waals surface area contributed by atoms with Crippen LogP contribution in [0, 0.1) is 0 Å². The van der Waals surface area contributed by atoms with Crippen molar-refractivity contribution in [1.82, 2.24) is 4.90 Å². The molecule has 104 valence electrons. The third-order valence-electron chi connectivity index (χ3n) is 2.13. The minimum Gasteiger partial charge on any atom is -0.444 e. The Morgan fingerprint density at radius 1 is 1.22 bits per heavy atom. The van der Waals surface area contributed by atoms with E-state index in [1.807, 2.05) is 41.5 Å². The van der Waals surface area contributed by atoms with Crippen molar-refractivity contribution < 1.29 is 13.7 Å². The molecule has 1 fully saturated rings. The van der Waals surface area contributed by atoms with Gasteiger partial charge in [-0.3, -0.25) is 4.90 Å². The topological polar surface area (TPSA) is 59.0 Å². The van der Waals surface area contributed by atoms with Gasteiger partial charge in [0.1, 0.15) is 16.6 Å². The van der Waals surface area contributed by atoms with Gasteiger partial charge in [-0.15, -0.1) is 0 Å². The van der Waals surface area contributed by atoms with E-state index in [9.17, 15) is 9.00 Å². The van der Waals surface area contributed by atoms with Crippen molar-refractivity contribution in [3.8, 4) is 0 Å². The van der Waals surface area contributed by atoms with Crippen LogP contribution in [0.1, 0.15) is 41.5 Å². The van der Waals surface area contributed by atoms with E-state index in [0.717, 1.165) is 5.71 Å². The average molecular weight is 274 g/mol. The van der Waals surface area contributed by atoms with Crippen LogP contribution < -0.4 is 0 Å². The Bertz CT molecular complexity index is 383. The number of hydrogen-bond acceptors (Lipinski definition) is 3. The van der Waals surface area contributed by atoms with Crippen LogP contribution in [0.3, 0.4) is 0 Å². The molecule has 5 nitrogen and oxygen atoms in total. The molecule has 18 heavy (non-hydrogen) atoms. The minimum atomic E-state index is -1.25. The first kappa shape index (κ1) is 15.1. The second kappa shape index (κ2) is 4.99. The zero-order valence-corrected chi connectivity index (χ0v) is 12.8. The first-order valence-electron chi connectivity index (χ1n) is 5.95. The lowest BCUT2D eigenvalue weighted by atomic mass is 10.2. The van der Waals surface area contributed by atoms with E-state index in [0.29, 0.717) is 13.1 Å². The Labute approximate surface area is 111 Å². The Morgan fingerprint density at radius 3 is 2.11 bits per heavy atom. The summed E-state index contributed by atoms with van der Waals surface area (Å²) in [5.41, 5.74) is 0.298. The summed E-state index contributed by atoms with van der Waals surface area (Å²) in [5.74, 6) is 0. The fourth-order valence-corrected chi connectivity index (χ4v) is 1.79. The highest BCUT2D eigenvalue weighted by atomic mass is 32.2. The molecule has 1 aliphatic heterocycles. The lowest BCUT2D eigenvalue weighted by molar-refractivity contribution is 0.0265. The Morgan fingerprint density at radius 2 is 1.72 bits per heavy atom. The predicted molar refractivity (Wildman–Crippen MR) is 73.1 cm³/mol. The van der Waals surface area contributed by atoms with Crippen molar-refractivity contribution in [3.05, 3.63) is 0 Å². The van der Waals surface area contributed by atoms with Crippen molar-refractivity contribution in [3.63, 3.8) is 0 Å². The van der Waals surface area contributed by atoms with Crippen LogP contribution in [-0.2, 0) is 15.7 Å². The van der Waals surface area contributed by atoms with Gasteiger partial charge in [-0.2, -0.15) is 4.40 Å². The Hall–Kier alpha value is -0.910. The van der Waals surface area contributed by atoms with Gasteiger partial charge < -0.3 is 4.74 Å². The summed E-state index contributed by atoms with van der Waals surface area (Å²) in [6.07, 6.45) is -0.344. The van der Waals surface area contributed by atoms with Gasteiger partial charge in [0.05, 0.1) is 23.5 Å². The average Bonchev–Trinajstić information content (AvgIpc) is 2.04. The summed E-state index contributed by atoms with van der Waals surface area (Å²) in [6, 6.07) is 0. The SMILES string of the molecule is CC(C)(C)OC(=O)N1CC(=N[S@@](=O)C(C)(C)C)C1. The predicted octanol–water partition coefficient (Wildman–Crippen LogP) is 2.14. The molecule has 1 saturated heterocycles. The number of amides is 1. The van der Waals surface area contributed by atoms with E-state index in [-0.39, 0.29) is 10.8 Å². The van der Waals surface area contributed by atoms with E-state index in [1.54, 1.807) is 4.90 Å². The van der Waals surface area contributed by atoms with Crippen LogP contribution in [0.2, 0.25) is 0 Å². The molecule has 1 heterocycles. The van der Waals surface area contributed by atoms with Gasteiger partial charge in [-0.1, -0.05) is 0 Å². The monoisotopic (exact) mass is 274 g/mol. The standard InChI is InChI=1S/C12H22N2O3S/c1-11(2,3)17-10(15)14-7-9(8-14)13-18(16)12(4,5)6/h7-8H2,1-6H3/t18-/m0/s1. The Kier molecular flexibility index (Phi) is 4.20. The summed E-state index contributed by atoms with van der Waals surface area (Å²) < 4.78 is 20.7. The second-order valence-electron chi connectivity index (χ2n) is 6.36. The van der Waals surface area contributed by atoms with E-state index in [2.05, 4.69) is 4.40 Å². The van der Waals surface area contributed by atoms with Crippen molar-refractivity contribution in [2.45, 2.75) is 51.9 Å². The van der Waals surface area contributed by atoms with Crippen molar-refractivity contribution >= 4 is 22.8 Å². The smallest absolute Gasteiger partial charge is 0.410 e. The van der Waals surface area contributed by atoms with E-state index in [4.69, 9.17) is 4.74 Å². The van der Waals surface area contributed by atoms with Gasteiger partial charge >= 0.3 is 6.09 Å². The molecule has 0 aromatic carbocycles. The van der Waals surface area contributed by atoms with Crippen molar-refractivity contribution in [1.29, 1.82) is 0 Å². The summed E-state index contributed by atoms with van der Waals surface area (Å²) in [7, 11) is -1.25. The van der Waals surface area contributed by atoms with Crippen LogP contribution in [-0.4, -0.2) is 44.4 Å². The van der Waals surface area contributed by atoms with E-state index in [1.165, 1.54) is 0 Å². The maximum atomic E-state index is 11.8. The van der Waals surface area contributed by atoms with Crippen molar-refractivity contribution in [2.24, 2.45) is 4.40 Å². The van der Waals surface area contributed by atoms with E-state index < -0.39 is 16.6 Å². The highest BCUT2D eigenvalue weighted by Gasteiger charge is 2.32. The first-order chi connectivity index (χ1) is 7.99. The molecule has 0 unspecified atom stereocenters. The number of nitrogens with zero attached hydrogens (tertiary/aromatic N) is 2. The van der Waals surface area contributed by atoms with Crippen molar-refractivity contribution in [2.75, 3.05) is 13.1 Å². The number of hydrogen-bond donors (Lipinski definition) is 0. The molecule has 6 heteroatoms. The molecule has 1 aliphatic rings. The van der Waals surface area contributed by atoms with Gasteiger partial charge in [-0.25, -0.2) is 9.00 Å². The zero-order chi connectivity index (χ0) is 14.1. The number of carbonyl (C=O) groups is 1. The number of carbonyl (C=O) groups excluding carboxylic acids is 1. The lowest BCUT2D eigenvalue weighted by Gasteiger charge is -2.34. The molecule has 0 N–H and O–H groups in total. The molecule has 0 saturated carbocycles. The maximum absolute atomic E-state index is 11.8. The zero-order valence-electron chi connectivity index (χ0n) is 11.9. The molecule has 0 bridgehead atoms. The highest BCUT2D eigenvalue weighted by molar-refractivity contribution is 7.85. The summed E-state index contributed by atoms with van der Waals surface area (Å²) >= 11 is 0. The fourth-order valence-electron chi connectivity index (χ4n) is 1.16. The third kappa shape index (κ3) is 4.40. The molecule has 0 aromatic rings. The fraction of sp³-hybridized carbons (Fsp3) is 0.833. The van der Waals surface area contributed by atoms with Gasteiger partial charge in [0.25, 0.3) is 0 Å². The summed E-state index contributed by atoms with van der Waals surface area (Å²) in [5, 5.41) is 0. The maximum Gasteiger partial charge on any atom is 0.410 e. The molecular weight excluding hydrogens is 252 g/mol. The van der Waals surface area contributed by atoms with Crippen LogP contribution in [0.5, 0.6) is 0 Å². The number of ether oxygens (including phenoxy) is 1. The largest absolute Gasteiger partial charge is 0.444 e. The van der Waals surface area contributed by atoms with Gasteiger partial charge in [0.15, 0.2) is 0 Å². The minimum absolute atomic E-state index is 0.344. The molecule has 0 spiro atoms. The highest BCUT2D eigenvalue weighted by Crippen LogP contribution is 2.17. The number of likely N-dealkylation sites (tertiary alicyclic amines) is 1. The van der Waals surface area contributed by atoms with Crippen LogP contribution in [0.25, 0.3) is 0 Å². The lowest BCUT2D eigenvalue weighted by Crippen LogP contribution is -2.52. The Balaban J connectivity index is 2.48. The second-order valence-corrected chi connectivity index (χ2v) is 8.26. The van der Waals surface area contributed by atoms with Gasteiger partial charge in [0, 0.05) is 0 Å². The summed E-state index contributed by atoms with van der Waals surface area (Å²) in [4.78, 5) is 13.2. The number of rotatable bonds is 1. The van der Waals surface area contributed by atoms with E-state index >= 15 is 0 Å². The molecular formula is C12H22N2O3S. The molecule has 1 rings (SSSR count). The molecule has 0 aromatic heterocycles. The van der Waals surface area contributed by atoms with Gasteiger partial charge in [0.2, 0.25) is 0 Å². The molecule has 0 aliphatic carbocycles. The normalized spacial score (nSPS) is 18.1. The molecule has 1 atom stereocenters. The summed E-state index contributed by atoms with van der Waals surface area (Å²) in [6.45, 7) is 11.9. The van der Waals surface area contributed by atoms with Gasteiger partial charge in [-0.05, 0) is 41.5 Å².